The molecule has 5 rings (SSSR count). The van der Waals surface area contributed by atoms with Gasteiger partial charge in [0.05, 0.1) is 11.3 Å². The van der Waals surface area contributed by atoms with Crippen LogP contribution in [0.25, 0.3) is 16.8 Å². The summed E-state index contributed by atoms with van der Waals surface area (Å²) < 4.78 is 30.0. The number of amides is 1. The second-order valence-electron chi connectivity index (χ2n) is 9.33. The minimum atomic E-state index is -3.78. The average Bonchev–Trinajstić information content (AvgIpc) is 3.39. The summed E-state index contributed by atoms with van der Waals surface area (Å²) in [5.41, 5.74) is -0.0288. The Kier molecular flexibility index (Phi) is 7.71. The second-order valence-corrected chi connectivity index (χ2v) is 12.8. The molecule has 1 aliphatic heterocycles. The van der Waals surface area contributed by atoms with Gasteiger partial charge in [-0.25, -0.2) is 23.2 Å². The summed E-state index contributed by atoms with van der Waals surface area (Å²) in [5.74, 6) is -0.259. The van der Waals surface area contributed by atoms with Crippen molar-refractivity contribution in [2.24, 2.45) is 0 Å². The normalized spacial score (nSPS) is 15.1. The first-order chi connectivity index (χ1) is 18.8. The maximum atomic E-state index is 13.5. The number of fused-ring (bicyclic) bond motifs is 2. The van der Waals surface area contributed by atoms with E-state index < -0.39 is 21.1 Å². The lowest BCUT2D eigenvalue weighted by Gasteiger charge is -2.23. The van der Waals surface area contributed by atoms with Crippen molar-refractivity contribution in [2.75, 3.05) is 12.3 Å². The Morgan fingerprint density at radius 2 is 1.92 bits per heavy atom. The Balaban J connectivity index is 1.26. The Hall–Kier alpha value is -3.71. The van der Waals surface area contributed by atoms with E-state index in [1.165, 1.54) is 16.3 Å². The van der Waals surface area contributed by atoms with E-state index in [-0.39, 0.29) is 53.6 Å². The van der Waals surface area contributed by atoms with Crippen LogP contribution in [0.15, 0.2) is 74.8 Å². The van der Waals surface area contributed by atoms with Gasteiger partial charge in [0.15, 0.2) is 20.0 Å². The number of benzene rings is 1. The van der Waals surface area contributed by atoms with Crippen LogP contribution in [-0.2, 0) is 27.7 Å². The first-order valence-electron chi connectivity index (χ1n) is 12.6. The fourth-order valence-corrected chi connectivity index (χ4v) is 7.40. The van der Waals surface area contributed by atoms with E-state index in [1.807, 2.05) is 23.6 Å². The van der Waals surface area contributed by atoms with Crippen LogP contribution in [0.3, 0.4) is 0 Å². The van der Waals surface area contributed by atoms with E-state index in [9.17, 15) is 22.8 Å². The summed E-state index contributed by atoms with van der Waals surface area (Å²) in [6, 6.07) is 10.4. The number of rotatable bonds is 9. The molecule has 39 heavy (non-hydrogen) atoms. The maximum absolute atomic E-state index is 13.5. The smallest absolute Gasteiger partial charge is 0.332 e. The highest BCUT2D eigenvalue weighted by molar-refractivity contribution is 7.99. The largest absolute Gasteiger partial charge is 0.356 e. The number of thioether (sulfide) groups is 1. The fourth-order valence-electron chi connectivity index (χ4n) is 4.70. The van der Waals surface area contributed by atoms with E-state index in [1.54, 1.807) is 42.7 Å². The highest BCUT2D eigenvalue weighted by Gasteiger charge is 2.32. The lowest BCUT2D eigenvalue weighted by molar-refractivity contribution is -0.121. The van der Waals surface area contributed by atoms with Crippen LogP contribution in [-0.4, -0.2) is 55.4 Å². The number of aromatic nitrogens is 5. The van der Waals surface area contributed by atoms with Gasteiger partial charge < -0.3 is 5.32 Å². The predicted molar refractivity (Wildman–Crippen MR) is 148 cm³/mol. The molecule has 1 aromatic carbocycles. The second kappa shape index (κ2) is 11.2. The van der Waals surface area contributed by atoms with Gasteiger partial charge in [-0.1, -0.05) is 49.0 Å². The van der Waals surface area contributed by atoms with Crippen LogP contribution < -0.4 is 16.6 Å². The van der Waals surface area contributed by atoms with E-state index in [0.717, 1.165) is 15.4 Å². The molecule has 0 saturated heterocycles. The van der Waals surface area contributed by atoms with E-state index in [2.05, 4.69) is 15.3 Å². The number of sulfone groups is 1. The highest BCUT2D eigenvalue weighted by atomic mass is 32.2. The van der Waals surface area contributed by atoms with Gasteiger partial charge >= 0.3 is 5.69 Å². The van der Waals surface area contributed by atoms with Crippen molar-refractivity contribution in [2.45, 2.75) is 54.7 Å². The van der Waals surface area contributed by atoms with Crippen molar-refractivity contribution in [3.63, 3.8) is 0 Å². The molecule has 204 valence electrons. The number of hydrogen-bond donors (Lipinski definition) is 1. The summed E-state index contributed by atoms with van der Waals surface area (Å²) in [6.45, 7) is 2.48. The number of nitrogens with one attached hydrogen (secondary N) is 1. The van der Waals surface area contributed by atoms with Crippen molar-refractivity contribution in [3.05, 3.63) is 75.8 Å². The molecule has 4 heterocycles. The van der Waals surface area contributed by atoms with Crippen molar-refractivity contribution in [3.8, 4) is 11.1 Å². The van der Waals surface area contributed by atoms with Crippen LogP contribution in [0.5, 0.6) is 0 Å². The van der Waals surface area contributed by atoms with Crippen LogP contribution >= 0.6 is 11.8 Å². The Bertz CT molecular complexity index is 1740. The molecular weight excluding hydrogens is 540 g/mol. The molecule has 1 N–H and O–H groups in total. The zero-order chi connectivity index (χ0) is 27.6. The molecule has 4 aromatic rings. The van der Waals surface area contributed by atoms with Crippen LogP contribution in [0.1, 0.15) is 26.2 Å². The minimum Gasteiger partial charge on any atom is -0.356 e. The third-order valence-electron chi connectivity index (χ3n) is 6.48. The highest BCUT2D eigenvalue weighted by Crippen LogP contribution is 2.27. The topological polar surface area (TPSA) is 137 Å². The molecule has 0 aliphatic carbocycles. The molecule has 11 nitrogen and oxygen atoms in total. The molecule has 0 saturated carbocycles. The molecule has 1 unspecified atom stereocenters. The standard InChI is InChI=1S/C26H28N6O5S2/c1-18(38-25-29-11-9-20-27-12-15-30(20)25)17-21(33)28-10-5-13-31-23(34)22(19-7-3-2-4-8-19)24-32(26(31)35)14-6-16-39(24,36)37/h2-4,7-9,11-12,15,18H,5-6,10,13-14,16-17H2,1H3,(H,28,33). The molecule has 0 radical (unpaired) electrons. The molecule has 0 spiro atoms. The molecule has 0 fully saturated rings. The van der Waals surface area contributed by atoms with Gasteiger partial charge in [0.2, 0.25) is 5.91 Å². The lowest BCUT2D eigenvalue weighted by Crippen LogP contribution is -2.45. The number of carbonyl (C=O) groups excluding carboxylic acids is 1. The van der Waals surface area contributed by atoms with Gasteiger partial charge in [-0.2, -0.15) is 0 Å². The molecule has 1 aliphatic rings. The first-order valence-corrected chi connectivity index (χ1v) is 15.2. The van der Waals surface area contributed by atoms with Crippen molar-refractivity contribution in [1.29, 1.82) is 0 Å². The molecule has 1 atom stereocenters. The fraction of sp³-hybridized carbons (Fsp3) is 0.346. The molecule has 3 aromatic heterocycles. The van der Waals surface area contributed by atoms with Crippen LogP contribution in [0.4, 0.5) is 0 Å². The third kappa shape index (κ3) is 5.55. The van der Waals surface area contributed by atoms with Gasteiger partial charge in [0.1, 0.15) is 5.65 Å². The molecule has 0 bridgehead atoms. The van der Waals surface area contributed by atoms with Gasteiger partial charge in [0.25, 0.3) is 5.56 Å². The van der Waals surface area contributed by atoms with E-state index >= 15 is 0 Å². The maximum Gasteiger partial charge on any atom is 0.332 e. The zero-order valence-electron chi connectivity index (χ0n) is 21.3. The number of hydrogen-bond acceptors (Lipinski definition) is 8. The average molecular weight is 569 g/mol. The lowest BCUT2D eigenvalue weighted by atomic mass is 10.1. The number of imidazole rings is 1. The summed E-state index contributed by atoms with van der Waals surface area (Å²) in [6.07, 6.45) is 6.09. The summed E-state index contributed by atoms with van der Waals surface area (Å²) >= 11 is 1.47. The van der Waals surface area contributed by atoms with E-state index in [0.29, 0.717) is 18.4 Å². The van der Waals surface area contributed by atoms with Gasteiger partial charge in [-0.15, -0.1) is 0 Å². The van der Waals surface area contributed by atoms with E-state index in [4.69, 9.17) is 0 Å². The molecule has 1 amide bonds. The predicted octanol–water partition coefficient (Wildman–Crippen LogP) is 1.97. The van der Waals surface area contributed by atoms with Crippen molar-refractivity contribution >= 4 is 33.2 Å². The Labute approximate surface area is 228 Å². The number of carbonyl (C=O) groups is 1. The number of nitrogens with zero attached hydrogens (tertiary/aromatic N) is 5. The van der Waals surface area contributed by atoms with Gasteiger partial charge in [-0.3, -0.25) is 23.1 Å². The van der Waals surface area contributed by atoms with Gasteiger partial charge in [-0.05, 0) is 24.5 Å². The Morgan fingerprint density at radius 1 is 1.13 bits per heavy atom. The SMILES string of the molecule is CC(CC(=O)NCCCn1c(=O)c(-c2ccccc2)c2n(c1=O)CCCS2(=O)=O)Sc1nccc2nccn12. The molecule has 13 heteroatoms. The monoisotopic (exact) mass is 568 g/mol. The van der Waals surface area contributed by atoms with Crippen molar-refractivity contribution in [1.82, 2.24) is 28.8 Å². The van der Waals surface area contributed by atoms with Gasteiger partial charge in [0, 0.05) is 49.9 Å². The zero-order valence-corrected chi connectivity index (χ0v) is 23.0. The summed E-state index contributed by atoms with van der Waals surface area (Å²) in [5, 5.41) is 3.35. The Morgan fingerprint density at radius 3 is 2.72 bits per heavy atom. The van der Waals surface area contributed by atoms with Crippen LogP contribution in [0, 0.1) is 0 Å². The van der Waals surface area contributed by atoms with Crippen LogP contribution in [0.2, 0.25) is 0 Å². The quantitative estimate of drug-likeness (QED) is 0.140. The third-order valence-corrected chi connectivity index (χ3v) is 9.40. The minimum absolute atomic E-state index is 0.0197. The van der Waals surface area contributed by atoms with Crippen molar-refractivity contribution < 1.29 is 13.2 Å². The first kappa shape index (κ1) is 26.9. The molecular formula is C26H28N6O5S2. The summed E-state index contributed by atoms with van der Waals surface area (Å²) in [4.78, 5) is 47.8. The summed E-state index contributed by atoms with van der Waals surface area (Å²) in [7, 11) is -3.78.